The molecule has 0 aromatic rings. The fourth-order valence-corrected chi connectivity index (χ4v) is 4.36. The van der Waals surface area contributed by atoms with Crippen molar-refractivity contribution >= 4 is 70.3 Å². The first-order chi connectivity index (χ1) is 13.9. The van der Waals surface area contributed by atoms with Crippen molar-refractivity contribution in [1.82, 2.24) is 0 Å². The molecular formula is C18H16Cl4O8. The van der Waals surface area contributed by atoms with Crippen molar-refractivity contribution in [1.29, 1.82) is 0 Å². The molecule has 0 amide bonds. The van der Waals surface area contributed by atoms with E-state index in [-0.39, 0.29) is 13.2 Å². The fourth-order valence-electron chi connectivity index (χ4n) is 2.94. The largest absolute Gasteiger partial charge is 0.481 e. The lowest BCUT2D eigenvalue weighted by Gasteiger charge is -2.46. The van der Waals surface area contributed by atoms with Gasteiger partial charge >= 0.3 is 23.9 Å². The summed E-state index contributed by atoms with van der Waals surface area (Å²) in [6, 6.07) is 0. The molecule has 164 valence electrons. The number of hydrogen-bond acceptors (Lipinski definition) is 6. The highest BCUT2D eigenvalue weighted by molar-refractivity contribution is 6.53. The Morgan fingerprint density at radius 1 is 0.767 bits per heavy atom. The lowest BCUT2D eigenvalue weighted by Crippen LogP contribution is -2.57. The highest BCUT2D eigenvalue weighted by atomic mass is 35.5. The lowest BCUT2D eigenvalue weighted by molar-refractivity contribution is -0.175. The minimum absolute atomic E-state index is 0.296. The maximum Gasteiger partial charge on any atom is 0.317 e. The summed E-state index contributed by atoms with van der Waals surface area (Å²) in [5.41, 5.74) is -5.67. The van der Waals surface area contributed by atoms with Crippen LogP contribution in [0.15, 0.2) is 45.4 Å². The molecule has 2 atom stereocenters. The van der Waals surface area contributed by atoms with Crippen molar-refractivity contribution in [2.45, 2.75) is 12.8 Å². The first kappa shape index (κ1) is 26.0. The molecule has 1 aliphatic rings. The van der Waals surface area contributed by atoms with E-state index in [4.69, 9.17) is 55.9 Å². The Morgan fingerprint density at radius 3 is 1.30 bits per heavy atom. The normalized spacial score (nSPS) is 23.6. The smallest absolute Gasteiger partial charge is 0.317 e. The second-order valence-electron chi connectivity index (χ2n) is 5.97. The summed E-state index contributed by atoms with van der Waals surface area (Å²) in [6.07, 6.45) is 0.147. The Bertz CT molecular complexity index is 792. The Balaban J connectivity index is 3.86. The second-order valence-corrected chi connectivity index (χ2v) is 7.49. The highest BCUT2D eigenvalue weighted by Crippen LogP contribution is 2.63. The van der Waals surface area contributed by atoms with E-state index in [1.54, 1.807) is 0 Å². The van der Waals surface area contributed by atoms with Gasteiger partial charge in [-0.3, -0.25) is 19.2 Å². The SMILES string of the molecule is C=CCOC(=O)CC1(C(=O)O)C(Cl)=C(Cl)C(Cl)=C(Cl)C1(CC(=O)OCC=C)C(=O)O. The third-order valence-corrected chi connectivity index (χ3v) is 6.40. The van der Waals surface area contributed by atoms with Crippen LogP contribution in [0.1, 0.15) is 12.8 Å². The molecule has 0 heterocycles. The van der Waals surface area contributed by atoms with E-state index in [1.165, 1.54) is 12.2 Å². The van der Waals surface area contributed by atoms with Gasteiger partial charge in [0.2, 0.25) is 0 Å². The number of aliphatic carboxylic acids is 2. The molecule has 0 aliphatic heterocycles. The van der Waals surface area contributed by atoms with Crippen LogP contribution in [-0.2, 0) is 28.7 Å². The first-order valence-electron chi connectivity index (χ1n) is 8.05. The fraction of sp³-hybridized carbons (Fsp3) is 0.333. The number of carbonyl (C=O) groups is 4. The van der Waals surface area contributed by atoms with Crippen molar-refractivity contribution in [3.8, 4) is 0 Å². The number of hydrogen-bond donors (Lipinski definition) is 2. The predicted molar refractivity (Wildman–Crippen MR) is 109 cm³/mol. The molecule has 30 heavy (non-hydrogen) atoms. The van der Waals surface area contributed by atoms with Gasteiger partial charge in [-0.2, -0.15) is 0 Å². The number of allylic oxidation sites excluding steroid dienone is 2. The van der Waals surface area contributed by atoms with Crippen LogP contribution in [0.4, 0.5) is 0 Å². The third-order valence-electron chi connectivity index (χ3n) is 4.33. The Morgan fingerprint density at radius 2 is 1.07 bits per heavy atom. The number of rotatable bonds is 10. The van der Waals surface area contributed by atoms with E-state index in [0.717, 1.165) is 0 Å². The maximum atomic E-state index is 12.4. The number of carboxylic acid groups (broad SMARTS) is 2. The molecule has 0 fully saturated rings. The van der Waals surface area contributed by atoms with Crippen molar-refractivity contribution < 1.29 is 38.9 Å². The van der Waals surface area contributed by atoms with E-state index in [2.05, 4.69) is 13.2 Å². The van der Waals surface area contributed by atoms with Gasteiger partial charge in [0, 0.05) is 0 Å². The Hall–Kier alpha value is -2.00. The first-order valence-corrected chi connectivity index (χ1v) is 9.56. The third kappa shape index (κ3) is 4.37. The zero-order valence-corrected chi connectivity index (χ0v) is 18.3. The standard InChI is InChI=1S/C18H16Cl4O8/c1-3-5-29-9(23)7-17(15(25)26)13(21)11(19)12(20)14(22)18(17,16(27)28)8-10(24)30-6-4-2/h3-4H,1-2,5-8H2,(H,25,26)(H,27,28). The number of carbonyl (C=O) groups excluding carboxylic acids is 2. The molecule has 1 aliphatic carbocycles. The van der Waals surface area contributed by atoms with Crippen molar-refractivity contribution in [3.63, 3.8) is 0 Å². The van der Waals surface area contributed by atoms with Crippen LogP contribution in [0.3, 0.4) is 0 Å². The Labute approximate surface area is 191 Å². The van der Waals surface area contributed by atoms with E-state index in [9.17, 15) is 29.4 Å². The topological polar surface area (TPSA) is 127 Å². The van der Waals surface area contributed by atoms with E-state index >= 15 is 0 Å². The zero-order valence-electron chi connectivity index (χ0n) is 15.3. The van der Waals surface area contributed by atoms with Crippen LogP contribution in [-0.4, -0.2) is 47.3 Å². The summed E-state index contributed by atoms with van der Waals surface area (Å²) in [5.74, 6) is -6.12. The zero-order chi connectivity index (χ0) is 23.3. The van der Waals surface area contributed by atoms with Gasteiger partial charge in [-0.1, -0.05) is 71.7 Å². The summed E-state index contributed by atoms with van der Waals surface area (Å²) in [4.78, 5) is 49.5. The van der Waals surface area contributed by atoms with Crippen molar-refractivity contribution in [2.75, 3.05) is 13.2 Å². The van der Waals surface area contributed by atoms with Crippen molar-refractivity contribution in [3.05, 3.63) is 45.4 Å². The molecule has 12 heteroatoms. The molecule has 2 unspecified atom stereocenters. The van der Waals surface area contributed by atoms with Gasteiger partial charge in [-0.05, 0) is 0 Å². The second kappa shape index (κ2) is 10.3. The van der Waals surface area contributed by atoms with Crippen LogP contribution in [0.25, 0.3) is 0 Å². The van der Waals surface area contributed by atoms with E-state index in [1.807, 2.05) is 0 Å². The number of carboxylic acids is 2. The van der Waals surface area contributed by atoms with Crippen LogP contribution in [0.5, 0.6) is 0 Å². The summed E-state index contributed by atoms with van der Waals surface area (Å²) >= 11 is 24.3. The quantitative estimate of drug-likeness (QED) is 0.342. The summed E-state index contributed by atoms with van der Waals surface area (Å²) in [5, 5.41) is 17.4. The molecule has 0 saturated heterocycles. The van der Waals surface area contributed by atoms with Gasteiger partial charge < -0.3 is 19.7 Å². The molecular weight excluding hydrogens is 486 g/mol. The molecule has 1 rings (SSSR count). The van der Waals surface area contributed by atoms with Crippen molar-refractivity contribution in [2.24, 2.45) is 10.8 Å². The van der Waals surface area contributed by atoms with Gasteiger partial charge in [0.05, 0.1) is 33.0 Å². The van der Waals surface area contributed by atoms with Gasteiger partial charge in [-0.15, -0.1) is 0 Å². The highest BCUT2D eigenvalue weighted by Gasteiger charge is 2.70. The predicted octanol–water partition coefficient (Wildman–Crippen LogP) is 3.76. The summed E-state index contributed by atoms with van der Waals surface area (Å²) in [6.45, 7) is 6.10. The van der Waals surface area contributed by atoms with Crippen LogP contribution >= 0.6 is 46.4 Å². The van der Waals surface area contributed by atoms with Gasteiger partial charge in [0.15, 0.2) is 0 Å². The Kier molecular flexibility index (Phi) is 8.98. The summed E-state index contributed by atoms with van der Waals surface area (Å²) < 4.78 is 9.60. The minimum atomic E-state index is -2.83. The summed E-state index contributed by atoms with van der Waals surface area (Å²) in [7, 11) is 0. The average Bonchev–Trinajstić information content (AvgIpc) is 2.69. The van der Waals surface area contributed by atoms with Crippen LogP contribution in [0.2, 0.25) is 0 Å². The lowest BCUT2D eigenvalue weighted by atomic mass is 9.57. The van der Waals surface area contributed by atoms with Crippen LogP contribution in [0, 0.1) is 10.8 Å². The number of esters is 2. The van der Waals surface area contributed by atoms with Gasteiger partial charge in [0.1, 0.15) is 24.0 Å². The molecule has 0 aromatic carbocycles. The molecule has 8 nitrogen and oxygen atoms in total. The number of halogens is 4. The van der Waals surface area contributed by atoms with Gasteiger partial charge in [-0.25, -0.2) is 0 Å². The molecule has 0 radical (unpaired) electrons. The number of ether oxygens (including phenoxy) is 2. The monoisotopic (exact) mass is 500 g/mol. The van der Waals surface area contributed by atoms with E-state index in [0.29, 0.717) is 0 Å². The average molecular weight is 502 g/mol. The molecule has 0 aromatic heterocycles. The molecule has 0 bridgehead atoms. The molecule has 0 saturated carbocycles. The van der Waals surface area contributed by atoms with E-state index < -0.39 is 67.7 Å². The van der Waals surface area contributed by atoms with Gasteiger partial charge in [0.25, 0.3) is 0 Å². The molecule has 2 N–H and O–H groups in total. The maximum absolute atomic E-state index is 12.4. The minimum Gasteiger partial charge on any atom is -0.481 e. The van der Waals surface area contributed by atoms with Crippen LogP contribution < -0.4 is 0 Å². The molecule has 0 spiro atoms.